The topological polar surface area (TPSA) is 71.3 Å². The lowest BCUT2D eigenvalue weighted by molar-refractivity contribution is 0.408. The number of nitrogens with one attached hydrogen (secondary N) is 2. The van der Waals surface area contributed by atoms with E-state index < -0.39 is 15.8 Å². The lowest BCUT2D eigenvalue weighted by Gasteiger charge is -2.07. The average Bonchev–Trinajstić information content (AvgIpc) is 2.85. The van der Waals surface area contributed by atoms with Crippen molar-refractivity contribution < 1.29 is 17.2 Å². The number of sulfonamides is 1. The molecule has 0 amide bonds. The highest BCUT2D eigenvalue weighted by atomic mass is 35.5. The molecule has 9 heteroatoms. The third kappa shape index (κ3) is 3.68. The van der Waals surface area contributed by atoms with Crippen molar-refractivity contribution in [2.75, 3.05) is 11.8 Å². The van der Waals surface area contributed by atoms with E-state index in [2.05, 4.69) is 10.0 Å². The van der Waals surface area contributed by atoms with Gasteiger partial charge in [-0.2, -0.15) is 8.42 Å². The first-order valence-corrected chi connectivity index (χ1v) is 7.98. The summed E-state index contributed by atoms with van der Waals surface area (Å²) in [6.07, 6.45) is 0. The van der Waals surface area contributed by atoms with Gasteiger partial charge in [0.2, 0.25) is 5.09 Å². The van der Waals surface area contributed by atoms with Gasteiger partial charge in [-0.05, 0) is 31.3 Å². The second-order valence-corrected chi connectivity index (χ2v) is 6.54. The fourth-order valence-corrected chi connectivity index (χ4v) is 3.07. The van der Waals surface area contributed by atoms with Crippen LogP contribution in [0.2, 0.25) is 10.0 Å². The van der Waals surface area contributed by atoms with Gasteiger partial charge in [-0.15, -0.1) is 0 Å². The zero-order valence-corrected chi connectivity index (χ0v) is 13.1. The van der Waals surface area contributed by atoms with Crippen LogP contribution in [-0.4, -0.2) is 15.5 Å². The molecule has 0 fully saturated rings. The Bertz CT molecular complexity index is 739. The summed E-state index contributed by atoms with van der Waals surface area (Å²) in [6, 6.07) is 5.10. The van der Waals surface area contributed by atoms with Crippen molar-refractivity contribution in [3.63, 3.8) is 0 Å². The molecule has 1 aromatic carbocycles. The zero-order valence-electron chi connectivity index (χ0n) is 10.8. The van der Waals surface area contributed by atoms with Crippen LogP contribution in [0.5, 0.6) is 0 Å². The Morgan fingerprint density at radius 3 is 2.43 bits per heavy atom. The van der Waals surface area contributed by atoms with Crippen molar-refractivity contribution in [3.8, 4) is 0 Å². The molecular weight excluding hydrogens is 342 g/mol. The number of anilines is 1. The maximum Gasteiger partial charge on any atom is 0.295 e. The Balaban J connectivity index is 2.28. The van der Waals surface area contributed by atoms with E-state index in [1.165, 1.54) is 12.1 Å². The summed E-state index contributed by atoms with van der Waals surface area (Å²) in [5, 5.41) is 2.01. The molecule has 0 aliphatic heterocycles. The number of hydrogen-bond donors (Lipinski definition) is 2. The van der Waals surface area contributed by atoms with Crippen molar-refractivity contribution in [1.29, 1.82) is 0 Å². The van der Waals surface area contributed by atoms with Crippen LogP contribution < -0.4 is 10.0 Å². The molecular formula is C12H11Cl2FN2O3S. The van der Waals surface area contributed by atoms with Crippen LogP contribution in [0.25, 0.3) is 0 Å². The highest BCUT2D eigenvalue weighted by Gasteiger charge is 2.20. The van der Waals surface area contributed by atoms with Crippen molar-refractivity contribution in [3.05, 3.63) is 45.9 Å². The van der Waals surface area contributed by atoms with E-state index in [1.807, 2.05) is 0 Å². The third-order valence-electron chi connectivity index (χ3n) is 2.49. The molecule has 2 rings (SSSR count). The monoisotopic (exact) mass is 352 g/mol. The summed E-state index contributed by atoms with van der Waals surface area (Å²) in [7, 11) is -2.24. The first kappa shape index (κ1) is 16.1. The van der Waals surface area contributed by atoms with Crippen molar-refractivity contribution in [1.82, 2.24) is 5.32 Å². The number of halogens is 3. The Hall–Kier alpha value is -1.28. The van der Waals surface area contributed by atoms with Gasteiger partial charge in [0.15, 0.2) is 5.82 Å². The fourth-order valence-electron chi connectivity index (χ4n) is 1.59. The summed E-state index contributed by atoms with van der Waals surface area (Å²) in [4.78, 5) is 0. The Kier molecular flexibility index (Phi) is 4.77. The molecule has 0 saturated heterocycles. The highest BCUT2D eigenvalue weighted by Crippen LogP contribution is 2.28. The molecule has 114 valence electrons. The largest absolute Gasteiger partial charge is 0.446 e. The maximum atomic E-state index is 13.3. The molecule has 1 heterocycles. The van der Waals surface area contributed by atoms with E-state index in [0.29, 0.717) is 12.3 Å². The van der Waals surface area contributed by atoms with Gasteiger partial charge in [-0.3, -0.25) is 4.72 Å². The smallest absolute Gasteiger partial charge is 0.295 e. The van der Waals surface area contributed by atoms with Crippen molar-refractivity contribution in [2.45, 2.75) is 11.6 Å². The van der Waals surface area contributed by atoms with Gasteiger partial charge < -0.3 is 9.73 Å². The average molecular weight is 353 g/mol. The molecule has 0 bridgehead atoms. The summed E-state index contributed by atoms with van der Waals surface area (Å²) in [5.41, 5.74) is 0.0398. The molecule has 0 radical (unpaired) electrons. The van der Waals surface area contributed by atoms with Gasteiger partial charge in [-0.1, -0.05) is 23.2 Å². The maximum absolute atomic E-state index is 13.3. The SMILES string of the molecule is CNCc1ccc(S(=O)(=O)Nc2cc(Cl)c(F)c(Cl)c2)o1. The van der Waals surface area contributed by atoms with Crippen molar-refractivity contribution >= 4 is 38.9 Å². The summed E-state index contributed by atoms with van der Waals surface area (Å²) >= 11 is 11.2. The molecule has 2 aromatic rings. The summed E-state index contributed by atoms with van der Waals surface area (Å²) in [5.74, 6) is -0.344. The second-order valence-electron chi connectivity index (χ2n) is 4.11. The minimum absolute atomic E-state index is 0.0398. The predicted octanol–water partition coefficient (Wildman–Crippen LogP) is 3.25. The number of furan rings is 1. The lowest BCUT2D eigenvalue weighted by atomic mass is 10.3. The van der Waals surface area contributed by atoms with E-state index >= 15 is 0 Å². The van der Waals surface area contributed by atoms with Crippen LogP contribution >= 0.6 is 23.2 Å². The van der Waals surface area contributed by atoms with E-state index in [1.54, 1.807) is 7.05 Å². The molecule has 0 aliphatic carbocycles. The standard InChI is InChI=1S/C12H11Cl2FN2O3S/c1-16-6-8-2-3-11(20-8)21(18,19)17-7-4-9(13)12(15)10(14)5-7/h2-5,16-17H,6H2,1H3. The Morgan fingerprint density at radius 1 is 1.24 bits per heavy atom. The van der Waals surface area contributed by atoms with Gasteiger partial charge in [0.1, 0.15) is 5.76 Å². The quantitative estimate of drug-likeness (QED) is 0.810. The molecule has 0 saturated carbocycles. The van der Waals surface area contributed by atoms with Gasteiger partial charge in [0.05, 0.1) is 22.3 Å². The summed E-state index contributed by atoms with van der Waals surface area (Å²) in [6.45, 7) is 0.393. The minimum Gasteiger partial charge on any atom is -0.446 e. The Morgan fingerprint density at radius 2 is 1.86 bits per heavy atom. The van der Waals surface area contributed by atoms with E-state index in [9.17, 15) is 12.8 Å². The third-order valence-corrected chi connectivity index (χ3v) is 4.29. The number of hydrogen-bond acceptors (Lipinski definition) is 4. The Labute approximate surface area is 131 Å². The molecule has 5 nitrogen and oxygen atoms in total. The first-order valence-electron chi connectivity index (χ1n) is 5.74. The molecule has 21 heavy (non-hydrogen) atoms. The second kappa shape index (κ2) is 6.23. The molecule has 0 atom stereocenters. The molecule has 0 aliphatic rings. The van der Waals surface area contributed by atoms with Gasteiger partial charge >= 0.3 is 0 Å². The normalized spacial score (nSPS) is 11.6. The van der Waals surface area contributed by atoms with E-state index in [4.69, 9.17) is 27.6 Å². The molecule has 2 N–H and O–H groups in total. The van der Waals surface area contributed by atoms with Crippen molar-refractivity contribution in [2.24, 2.45) is 0 Å². The lowest BCUT2D eigenvalue weighted by Crippen LogP contribution is -2.12. The van der Waals surface area contributed by atoms with Gasteiger partial charge in [0.25, 0.3) is 10.0 Å². The predicted molar refractivity (Wildman–Crippen MR) is 78.7 cm³/mol. The van der Waals surface area contributed by atoms with Gasteiger partial charge in [-0.25, -0.2) is 4.39 Å². The van der Waals surface area contributed by atoms with Crippen LogP contribution in [-0.2, 0) is 16.6 Å². The minimum atomic E-state index is -3.94. The van der Waals surface area contributed by atoms with E-state index in [0.717, 1.165) is 12.1 Å². The van der Waals surface area contributed by atoms with Crippen LogP contribution in [0.4, 0.5) is 10.1 Å². The van der Waals surface area contributed by atoms with Crippen LogP contribution in [0.15, 0.2) is 33.8 Å². The van der Waals surface area contributed by atoms with Crippen LogP contribution in [0.3, 0.4) is 0 Å². The fraction of sp³-hybridized carbons (Fsp3) is 0.167. The highest BCUT2D eigenvalue weighted by molar-refractivity contribution is 7.92. The molecule has 1 aromatic heterocycles. The van der Waals surface area contributed by atoms with Gasteiger partial charge in [0, 0.05) is 0 Å². The first-order chi connectivity index (χ1) is 9.83. The summed E-state index contributed by atoms with van der Waals surface area (Å²) < 4.78 is 44.9. The number of rotatable bonds is 5. The molecule has 0 spiro atoms. The van der Waals surface area contributed by atoms with Crippen LogP contribution in [0.1, 0.15) is 5.76 Å². The molecule has 0 unspecified atom stereocenters. The number of benzene rings is 1. The van der Waals surface area contributed by atoms with Crippen LogP contribution in [0, 0.1) is 5.82 Å². The van der Waals surface area contributed by atoms with E-state index in [-0.39, 0.29) is 20.8 Å². The zero-order chi connectivity index (χ0) is 15.6.